The lowest BCUT2D eigenvalue weighted by Crippen LogP contribution is -2.17. The number of carbonyl (C=O) groups is 2. The molecule has 0 atom stereocenters. The molecule has 9 nitrogen and oxygen atoms in total. The molecule has 0 amide bonds. The zero-order valence-electron chi connectivity index (χ0n) is 23.3. The summed E-state index contributed by atoms with van der Waals surface area (Å²) in [6, 6.07) is 13.2. The minimum atomic E-state index is -4.69. The van der Waals surface area contributed by atoms with E-state index >= 15 is 0 Å². The first-order valence-electron chi connectivity index (χ1n) is 13.0. The van der Waals surface area contributed by atoms with Crippen molar-refractivity contribution in [2.24, 2.45) is 0 Å². The van der Waals surface area contributed by atoms with Gasteiger partial charge in [0.25, 0.3) is 0 Å². The van der Waals surface area contributed by atoms with Gasteiger partial charge in [-0.3, -0.25) is 4.98 Å². The van der Waals surface area contributed by atoms with Crippen molar-refractivity contribution < 1.29 is 27.5 Å². The Bertz CT molecular complexity index is 1320. The van der Waals surface area contributed by atoms with Crippen LogP contribution in [0.3, 0.4) is 0 Å². The number of aryl methyl sites for hydroxylation is 2. The van der Waals surface area contributed by atoms with Gasteiger partial charge in [-0.15, -0.1) is 23.4 Å². The maximum Gasteiger partial charge on any atom is 0.573 e. The van der Waals surface area contributed by atoms with Crippen molar-refractivity contribution in [2.75, 3.05) is 24.7 Å². The zero-order valence-corrected chi connectivity index (χ0v) is 24.1. The van der Waals surface area contributed by atoms with Crippen LogP contribution < -0.4 is 15.4 Å². The number of nitrogens with zero attached hydrogens (tertiary/aromatic N) is 4. The molecule has 4 aromatic rings. The van der Waals surface area contributed by atoms with E-state index in [4.69, 9.17) is 0 Å². The number of rotatable bonds is 12. The van der Waals surface area contributed by atoms with E-state index in [0.717, 1.165) is 53.5 Å². The van der Waals surface area contributed by atoms with Crippen LogP contribution in [0.25, 0.3) is 0 Å². The number of alkyl halides is 3. The average molecular weight is 603 g/mol. The maximum atomic E-state index is 11.8. The Morgan fingerprint density at radius 1 is 0.857 bits per heavy atom. The lowest BCUT2D eigenvalue weighted by Gasteiger charge is -2.08. The van der Waals surface area contributed by atoms with Gasteiger partial charge in [-0.2, -0.15) is 0 Å². The van der Waals surface area contributed by atoms with E-state index in [0.29, 0.717) is 18.3 Å². The van der Waals surface area contributed by atoms with Gasteiger partial charge < -0.3 is 25.0 Å². The number of hydrogen-bond acceptors (Lipinski definition) is 10. The third-order valence-corrected chi connectivity index (χ3v) is 6.36. The molecule has 2 N–H and O–H groups in total. The lowest BCUT2D eigenvalue weighted by atomic mass is 10.1. The van der Waals surface area contributed by atoms with Crippen molar-refractivity contribution in [1.82, 2.24) is 20.2 Å². The minimum Gasteiger partial charge on any atom is -0.406 e. The summed E-state index contributed by atoms with van der Waals surface area (Å²) in [5.41, 5.74) is 2.74. The van der Waals surface area contributed by atoms with E-state index < -0.39 is 6.36 Å². The summed E-state index contributed by atoms with van der Waals surface area (Å²) in [5, 5.41) is 16.2. The molecular formula is C29H33F3N6O3S. The average Bonchev–Trinajstić information content (AvgIpc) is 3.45. The van der Waals surface area contributed by atoms with Gasteiger partial charge in [0.1, 0.15) is 29.1 Å². The van der Waals surface area contributed by atoms with Crippen molar-refractivity contribution in [2.45, 2.75) is 44.9 Å². The first-order chi connectivity index (χ1) is 20.3. The molecule has 0 bridgehead atoms. The van der Waals surface area contributed by atoms with Gasteiger partial charge in [-0.05, 0) is 60.2 Å². The molecule has 0 unspecified atom stereocenters. The van der Waals surface area contributed by atoms with Crippen LogP contribution in [0.15, 0.2) is 67.1 Å². The summed E-state index contributed by atoms with van der Waals surface area (Å²) < 4.78 is 39.0. The van der Waals surface area contributed by atoms with Gasteiger partial charge in [0, 0.05) is 51.9 Å². The van der Waals surface area contributed by atoms with Gasteiger partial charge in [0.05, 0.1) is 0 Å². The quantitative estimate of drug-likeness (QED) is 0.155. The third kappa shape index (κ3) is 14.3. The smallest absolute Gasteiger partial charge is 0.406 e. The zero-order chi connectivity index (χ0) is 30.6. The molecule has 3 aromatic heterocycles. The van der Waals surface area contributed by atoms with E-state index in [1.54, 1.807) is 29.8 Å². The third-order valence-electron chi connectivity index (χ3n) is 5.36. The number of pyridine rings is 2. The van der Waals surface area contributed by atoms with E-state index in [9.17, 15) is 22.8 Å². The van der Waals surface area contributed by atoms with Crippen LogP contribution in [0.4, 0.5) is 24.1 Å². The van der Waals surface area contributed by atoms with Crippen molar-refractivity contribution in [3.63, 3.8) is 0 Å². The van der Waals surface area contributed by atoms with E-state index in [-0.39, 0.29) is 12.2 Å². The monoisotopic (exact) mass is 602 g/mol. The summed E-state index contributed by atoms with van der Waals surface area (Å²) in [7, 11) is 3.75. The molecule has 42 heavy (non-hydrogen) atoms. The van der Waals surface area contributed by atoms with E-state index in [1.807, 2.05) is 38.5 Å². The van der Waals surface area contributed by atoms with Gasteiger partial charge in [0.2, 0.25) is 5.13 Å². The molecule has 13 heteroatoms. The fourth-order valence-electron chi connectivity index (χ4n) is 3.36. The van der Waals surface area contributed by atoms with Crippen LogP contribution in [-0.2, 0) is 35.3 Å². The number of nitrogens with one attached hydrogen (secondary N) is 2. The van der Waals surface area contributed by atoms with E-state index in [1.165, 1.54) is 23.8 Å². The molecule has 0 spiro atoms. The lowest BCUT2D eigenvalue weighted by molar-refractivity contribution is -0.274. The van der Waals surface area contributed by atoms with Gasteiger partial charge in [-0.1, -0.05) is 35.6 Å². The number of carbonyl (C=O) groups excluding carboxylic acids is 2. The summed E-state index contributed by atoms with van der Waals surface area (Å²) in [6.45, 7) is 0. The highest BCUT2D eigenvalue weighted by Crippen LogP contribution is 2.23. The molecule has 0 aliphatic rings. The highest BCUT2D eigenvalue weighted by Gasteiger charge is 2.31. The Balaban J connectivity index is 0.000000235. The Hall–Kier alpha value is -4.39. The number of unbranched alkanes of at least 4 members (excludes halogenated alkanes) is 1. The first kappa shape index (κ1) is 33.8. The van der Waals surface area contributed by atoms with Crippen LogP contribution >= 0.6 is 11.3 Å². The Morgan fingerprint density at radius 2 is 1.60 bits per heavy atom. The molecule has 3 heterocycles. The SMILES string of the molecule is CNc1ccc(CCCCc2nnc(NC)s2)cn1.O=CCc1cccc(OC(F)(F)F)c1.O=CCc1cccnc1. The number of anilines is 2. The fourth-order valence-corrected chi connectivity index (χ4v) is 4.10. The molecule has 0 saturated heterocycles. The second-order valence-electron chi connectivity index (χ2n) is 8.56. The molecule has 0 radical (unpaired) electrons. The predicted molar refractivity (Wildman–Crippen MR) is 157 cm³/mol. The van der Waals surface area contributed by atoms with Crippen molar-refractivity contribution in [3.8, 4) is 5.75 Å². The fraction of sp³-hybridized carbons (Fsp3) is 0.310. The summed E-state index contributed by atoms with van der Waals surface area (Å²) in [6.07, 6.45) is 7.00. The van der Waals surface area contributed by atoms with Gasteiger partial charge in [-0.25, -0.2) is 4.98 Å². The van der Waals surface area contributed by atoms with Crippen LogP contribution in [0.1, 0.15) is 34.5 Å². The number of ether oxygens (including phenoxy) is 1. The van der Waals surface area contributed by atoms with Crippen LogP contribution in [0.2, 0.25) is 0 Å². The van der Waals surface area contributed by atoms with Gasteiger partial charge in [0.15, 0.2) is 0 Å². The Kier molecular flexibility index (Phi) is 15.2. The van der Waals surface area contributed by atoms with Crippen LogP contribution in [0, 0.1) is 0 Å². The molecule has 0 aliphatic carbocycles. The molecule has 1 aromatic carbocycles. The number of hydrogen-bond donors (Lipinski definition) is 2. The molecule has 224 valence electrons. The number of aldehydes is 2. The molecule has 0 fully saturated rings. The maximum absolute atomic E-state index is 11.8. The summed E-state index contributed by atoms with van der Waals surface area (Å²) in [4.78, 5) is 28.2. The number of halogens is 3. The minimum absolute atomic E-state index is 0.0784. The standard InChI is InChI=1S/C13H19N5S.C9H7F3O2.C7H7NO/c1-14-11-8-7-10(9-16-11)5-3-4-6-12-17-18-13(15-2)19-12;10-9(11,12)14-8-3-1-2-7(6-8)4-5-13;9-5-3-7-2-1-4-8-6-7/h7-9H,3-6H2,1-2H3,(H,14,16)(H,15,18);1-3,5-6H,4H2;1-2,4-6H,3H2. The molecule has 0 aliphatic heterocycles. The number of aromatic nitrogens is 4. The normalized spacial score (nSPS) is 10.3. The van der Waals surface area contributed by atoms with Crippen molar-refractivity contribution >= 4 is 34.9 Å². The highest BCUT2D eigenvalue weighted by atomic mass is 32.1. The second kappa shape index (κ2) is 18.9. The number of benzene rings is 1. The summed E-state index contributed by atoms with van der Waals surface area (Å²) >= 11 is 1.63. The van der Waals surface area contributed by atoms with Gasteiger partial charge >= 0.3 is 6.36 Å². The first-order valence-corrected chi connectivity index (χ1v) is 13.8. The predicted octanol–water partition coefficient (Wildman–Crippen LogP) is 5.73. The molecular weight excluding hydrogens is 569 g/mol. The largest absolute Gasteiger partial charge is 0.573 e. The van der Waals surface area contributed by atoms with Crippen LogP contribution in [-0.4, -0.2) is 53.2 Å². The van der Waals surface area contributed by atoms with Crippen LogP contribution in [0.5, 0.6) is 5.75 Å². The van der Waals surface area contributed by atoms with E-state index in [2.05, 4.69) is 41.6 Å². The molecule has 0 saturated carbocycles. The van der Waals surface area contributed by atoms with Crippen molar-refractivity contribution in [1.29, 1.82) is 0 Å². The summed E-state index contributed by atoms with van der Waals surface area (Å²) in [5.74, 6) is 0.606. The Morgan fingerprint density at radius 3 is 2.19 bits per heavy atom. The topological polar surface area (TPSA) is 119 Å². The Labute approximate surface area is 246 Å². The second-order valence-corrected chi connectivity index (χ2v) is 9.62. The van der Waals surface area contributed by atoms with Crippen molar-refractivity contribution in [3.05, 3.63) is 88.8 Å². The molecule has 4 rings (SSSR count). The highest BCUT2D eigenvalue weighted by molar-refractivity contribution is 7.15.